The predicted octanol–water partition coefficient (Wildman–Crippen LogP) is 6.04. The lowest BCUT2D eigenvalue weighted by molar-refractivity contribution is 0.0977. The number of halogens is 2. The second-order valence-corrected chi connectivity index (χ2v) is 7.80. The minimum absolute atomic E-state index is 0.187. The highest BCUT2D eigenvalue weighted by atomic mass is 79.9. The van der Waals surface area contributed by atoms with E-state index in [1.807, 2.05) is 30.3 Å². The Morgan fingerprint density at radius 2 is 1.90 bits per heavy atom. The maximum Gasteiger partial charge on any atom is 0.258 e. The Morgan fingerprint density at radius 1 is 1.07 bits per heavy atom. The lowest BCUT2D eigenvalue weighted by Crippen LogP contribution is -2.34. The molecular formula is C21H13BrClN3O2S. The molecule has 0 bridgehead atoms. The minimum Gasteiger partial charge on any atom is -0.436 e. The van der Waals surface area contributed by atoms with Gasteiger partial charge in [-0.15, -0.1) is 0 Å². The Labute approximate surface area is 185 Å². The Hall–Kier alpha value is -2.74. The topological polar surface area (TPSA) is 67.2 Å². The van der Waals surface area contributed by atoms with Gasteiger partial charge in [0.1, 0.15) is 5.52 Å². The monoisotopic (exact) mass is 485 g/mol. The van der Waals surface area contributed by atoms with Crippen LogP contribution in [-0.4, -0.2) is 16.0 Å². The molecule has 5 nitrogen and oxygen atoms in total. The lowest BCUT2D eigenvalue weighted by Gasteiger charge is -2.11. The summed E-state index contributed by atoms with van der Waals surface area (Å²) in [6, 6.07) is 19.8. The van der Waals surface area contributed by atoms with Gasteiger partial charge in [-0.1, -0.05) is 29.8 Å². The smallest absolute Gasteiger partial charge is 0.258 e. The number of carbonyl (C=O) groups excluding carboxylic acids is 1. The fourth-order valence-electron chi connectivity index (χ4n) is 2.73. The number of hydrogen-bond acceptors (Lipinski definition) is 4. The van der Waals surface area contributed by atoms with Gasteiger partial charge in [-0.3, -0.25) is 10.1 Å². The zero-order valence-corrected chi connectivity index (χ0v) is 17.9. The number of benzene rings is 3. The first-order chi connectivity index (χ1) is 14.0. The number of carbonyl (C=O) groups is 1. The van der Waals surface area contributed by atoms with Crippen LogP contribution < -0.4 is 10.6 Å². The average Bonchev–Trinajstić information content (AvgIpc) is 3.11. The number of amides is 1. The van der Waals surface area contributed by atoms with E-state index in [1.165, 1.54) is 0 Å². The summed E-state index contributed by atoms with van der Waals surface area (Å²) < 4.78 is 6.49. The molecule has 29 heavy (non-hydrogen) atoms. The second kappa shape index (κ2) is 8.32. The Bertz CT molecular complexity index is 1240. The van der Waals surface area contributed by atoms with Gasteiger partial charge in [-0.2, -0.15) is 0 Å². The van der Waals surface area contributed by atoms with Gasteiger partial charge in [-0.05, 0) is 76.7 Å². The quantitative estimate of drug-likeness (QED) is 0.346. The summed E-state index contributed by atoms with van der Waals surface area (Å²) in [5.74, 6) is 0.163. The SMILES string of the molecule is O=C(NC(=S)Nc1cccc(-c2nc3cc(Cl)ccc3o2)c1)c1ccccc1Br. The molecule has 1 heterocycles. The molecule has 144 valence electrons. The van der Waals surface area contributed by atoms with Crippen LogP contribution in [0.4, 0.5) is 5.69 Å². The third-order valence-electron chi connectivity index (χ3n) is 4.06. The molecule has 1 aromatic heterocycles. The van der Waals surface area contributed by atoms with Crippen molar-refractivity contribution in [2.24, 2.45) is 0 Å². The van der Waals surface area contributed by atoms with Gasteiger partial charge in [0, 0.05) is 20.7 Å². The maximum atomic E-state index is 12.4. The van der Waals surface area contributed by atoms with Gasteiger partial charge in [0.2, 0.25) is 5.89 Å². The molecule has 0 aliphatic carbocycles. The molecule has 4 aromatic rings. The summed E-state index contributed by atoms with van der Waals surface area (Å²) in [6.45, 7) is 0. The average molecular weight is 487 g/mol. The zero-order valence-electron chi connectivity index (χ0n) is 14.8. The van der Waals surface area contributed by atoms with Crippen molar-refractivity contribution in [2.45, 2.75) is 0 Å². The van der Waals surface area contributed by atoms with Crippen LogP contribution in [0.1, 0.15) is 10.4 Å². The molecule has 0 atom stereocenters. The number of fused-ring (bicyclic) bond motifs is 1. The first-order valence-corrected chi connectivity index (χ1v) is 10.1. The van der Waals surface area contributed by atoms with E-state index in [-0.39, 0.29) is 11.0 Å². The molecule has 0 unspecified atom stereocenters. The number of oxazole rings is 1. The van der Waals surface area contributed by atoms with Gasteiger partial charge in [0.25, 0.3) is 5.91 Å². The second-order valence-electron chi connectivity index (χ2n) is 6.10. The number of aromatic nitrogens is 1. The summed E-state index contributed by atoms with van der Waals surface area (Å²) in [4.78, 5) is 16.9. The van der Waals surface area contributed by atoms with Crippen LogP contribution in [-0.2, 0) is 0 Å². The first-order valence-electron chi connectivity index (χ1n) is 8.53. The number of hydrogen-bond donors (Lipinski definition) is 2. The molecular weight excluding hydrogens is 474 g/mol. The lowest BCUT2D eigenvalue weighted by atomic mass is 10.2. The summed E-state index contributed by atoms with van der Waals surface area (Å²) >= 11 is 14.6. The summed E-state index contributed by atoms with van der Waals surface area (Å²) in [5, 5.41) is 6.46. The molecule has 0 aliphatic rings. The van der Waals surface area contributed by atoms with Crippen molar-refractivity contribution < 1.29 is 9.21 Å². The van der Waals surface area contributed by atoms with E-state index in [1.54, 1.807) is 36.4 Å². The molecule has 0 spiro atoms. The van der Waals surface area contributed by atoms with E-state index in [2.05, 4.69) is 31.5 Å². The van der Waals surface area contributed by atoms with Crippen molar-refractivity contribution in [2.75, 3.05) is 5.32 Å². The third-order valence-corrected chi connectivity index (χ3v) is 5.19. The fourth-order valence-corrected chi connectivity index (χ4v) is 3.57. The van der Waals surface area contributed by atoms with Gasteiger partial charge >= 0.3 is 0 Å². The maximum absolute atomic E-state index is 12.4. The molecule has 0 aliphatic heterocycles. The molecule has 0 saturated carbocycles. The molecule has 2 N–H and O–H groups in total. The van der Waals surface area contributed by atoms with Crippen LogP contribution in [0.25, 0.3) is 22.6 Å². The van der Waals surface area contributed by atoms with Crippen molar-refractivity contribution in [1.29, 1.82) is 0 Å². The van der Waals surface area contributed by atoms with E-state index in [9.17, 15) is 4.79 Å². The molecule has 0 fully saturated rings. The van der Waals surface area contributed by atoms with Crippen molar-refractivity contribution in [3.63, 3.8) is 0 Å². The van der Waals surface area contributed by atoms with Crippen LogP contribution in [0.15, 0.2) is 75.6 Å². The van der Waals surface area contributed by atoms with Gasteiger partial charge < -0.3 is 9.73 Å². The van der Waals surface area contributed by atoms with E-state index in [0.29, 0.717) is 37.7 Å². The van der Waals surface area contributed by atoms with Crippen molar-refractivity contribution in [3.8, 4) is 11.5 Å². The third kappa shape index (κ3) is 4.48. The van der Waals surface area contributed by atoms with E-state index < -0.39 is 0 Å². The molecule has 3 aromatic carbocycles. The minimum atomic E-state index is -0.304. The number of nitrogens with one attached hydrogen (secondary N) is 2. The van der Waals surface area contributed by atoms with E-state index >= 15 is 0 Å². The first kappa shape index (κ1) is 19.6. The van der Waals surface area contributed by atoms with Crippen LogP contribution in [0.5, 0.6) is 0 Å². The zero-order chi connectivity index (χ0) is 20.4. The molecule has 0 radical (unpaired) electrons. The molecule has 1 amide bonds. The van der Waals surface area contributed by atoms with E-state index in [0.717, 1.165) is 5.56 Å². The van der Waals surface area contributed by atoms with Gasteiger partial charge in [0.15, 0.2) is 10.7 Å². The Morgan fingerprint density at radius 3 is 2.72 bits per heavy atom. The van der Waals surface area contributed by atoms with Crippen molar-refractivity contribution >= 4 is 67.6 Å². The van der Waals surface area contributed by atoms with Crippen LogP contribution >= 0.6 is 39.7 Å². The van der Waals surface area contributed by atoms with Crippen molar-refractivity contribution in [1.82, 2.24) is 10.3 Å². The standard InChI is InChI=1S/C21H13BrClN3O2S/c22-16-7-2-1-6-15(16)19(27)26-21(29)24-14-5-3-4-12(10-14)20-25-17-11-13(23)8-9-18(17)28-20/h1-11H,(H2,24,26,27,29). The molecule has 0 saturated heterocycles. The summed E-state index contributed by atoms with van der Waals surface area (Å²) in [5.41, 5.74) is 3.29. The normalized spacial score (nSPS) is 10.7. The number of nitrogens with zero attached hydrogens (tertiary/aromatic N) is 1. The van der Waals surface area contributed by atoms with Crippen LogP contribution in [0.3, 0.4) is 0 Å². The molecule has 4 rings (SSSR count). The summed E-state index contributed by atoms with van der Waals surface area (Å²) in [6.07, 6.45) is 0. The van der Waals surface area contributed by atoms with Crippen LogP contribution in [0.2, 0.25) is 5.02 Å². The molecule has 8 heteroatoms. The van der Waals surface area contributed by atoms with Crippen LogP contribution in [0, 0.1) is 0 Å². The fraction of sp³-hybridized carbons (Fsp3) is 0. The van der Waals surface area contributed by atoms with E-state index in [4.69, 9.17) is 28.2 Å². The highest BCUT2D eigenvalue weighted by Gasteiger charge is 2.12. The Kier molecular flexibility index (Phi) is 5.62. The highest BCUT2D eigenvalue weighted by molar-refractivity contribution is 9.10. The highest BCUT2D eigenvalue weighted by Crippen LogP contribution is 2.27. The number of rotatable bonds is 3. The number of thiocarbonyl (C=S) groups is 1. The van der Waals surface area contributed by atoms with Crippen molar-refractivity contribution in [3.05, 3.63) is 81.8 Å². The number of anilines is 1. The largest absolute Gasteiger partial charge is 0.436 e. The van der Waals surface area contributed by atoms with Gasteiger partial charge in [0.05, 0.1) is 5.56 Å². The Balaban J connectivity index is 1.50. The summed E-state index contributed by atoms with van der Waals surface area (Å²) in [7, 11) is 0. The predicted molar refractivity (Wildman–Crippen MR) is 122 cm³/mol. The van der Waals surface area contributed by atoms with Gasteiger partial charge in [-0.25, -0.2) is 4.98 Å².